The molecule has 0 radical (unpaired) electrons. The molecule has 4 N–H and O–H groups in total. The molecular weight excluding hydrogens is 302 g/mol. The minimum atomic E-state index is -0.147. The highest BCUT2D eigenvalue weighted by Gasteiger charge is 2.17. The van der Waals surface area contributed by atoms with Crippen LogP contribution in [-0.4, -0.2) is 35.0 Å². The van der Waals surface area contributed by atoms with Crippen LogP contribution in [0.1, 0.15) is 10.4 Å². The van der Waals surface area contributed by atoms with Gasteiger partial charge in [0, 0.05) is 34.1 Å². The van der Waals surface area contributed by atoms with Gasteiger partial charge in [0.15, 0.2) is 0 Å². The molecule has 1 atom stereocenters. The van der Waals surface area contributed by atoms with E-state index >= 15 is 0 Å². The van der Waals surface area contributed by atoms with Gasteiger partial charge in [0.05, 0.1) is 11.3 Å². The van der Waals surface area contributed by atoms with Gasteiger partial charge in [0.1, 0.15) is 0 Å². The average Bonchev–Trinajstić information content (AvgIpc) is 2.46. The second-order valence-corrected chi connectivity index (χ2v) is 7.11. The number of rotatable bonds is 4. The zero-order chi connectivity index (χ0) is 13.7. The second-order valence-electron chi connectivity index (χ2n) is 4.11. The predicted molar refractivity (Wildman–Crippen MR) is 85.2 cm³/mol. The first kappa shape index (κ1) is 14.8. The van der Waals surface area contributed by atoms with Crippen LogP contribution in [0.4, 0.5) is 5.69 Å². The maximum absolute atomic E-state index is 12.1. The summed E-state index contributed by atoms with van der Waals surface area (Å²) >= 11 is 9.76. The lowest BCUT2D eigenvalue weighted by Crippen LogP contribution is -2.34. The summed E-state index contributed by atoms with van der Waals surface area (Å²) in [6, 6.07) is 5.01. The summed E-state index contributed by atoms with van der Waals surface area (Å²) in [7, 11) is 0. The molecule has 1 aromatic rings. The number of carbonyl (C=O) groups excluding carboxylic acids is 1. The summed E-state index contributed by atoms with van der Waals surface area (Å²) in [4.78, 5) is 12.1. The van der Waals surface area contributed by atoms with E-state index in [-0.39, 0.29) is 5.91 Å². The number of carbonyl (C=O) groups is 1. The molecule has 1 saturated heterocycles. The third-order valence-electron chi connectivity index (χ3n) is 2.76. The van der Waals surface area contributed by atoms with E-state index in [0.717, 1.165) is 11.5 Å². The zero-order valence-corrected chi connectivity index (χ0v) is 12.7. The quantitative estimate of drug-likeness (QED) is 0.587. The number of nitrogens with one attached hydrogen (secondary N) is 2. The predicted octanol–water partition coefficient (Wildman–Crippen LogP) is 2.20. The topological polar surface area (TPSA) is 67.1 Å². The third-order valence-corrected chi connectivity index (χ3v) is 5.84. The molecule has 1 aromatic carbocycles. The summed E-state index contributed by atoms with van der Waals surface area (Å²) in [5, 5.41) is 3.95. The Kier molecular flexibility index (Phi) is 5.69. The average molecular weight is 318 g/mol. The Bertz CT molecular complexity index is 453. The first-order chi connectivity index (χ1) is 9.20. The van der Waals surface area contributed by atoms with Crippen LogP contribution in [0, 0.1) is 0 Å². The van der Waals surface area contributed by atoms with E-state index in [9.17, 15) is 4.79 Å². The molecule has 19 heavy (non-hydrogen) atoms. The van der Waals surface area contributed by atoms with Gasteiger partial charge in [-0.25, -0.2) is 0 Å². The number of anilines is 1. The van der Waals surface area contributed by atoms with E-state index in [0.29, 0.717) is 28.1 Å². The third kappa shape index (κ3) is 4.21. The van der Waals surface area contributed by atoms with Crippen LogP contribution in [-0.2, 0) is 0 Å². The van der Waals surface area contributed by atoms with Gasteiger partial charge in [-0.1, -0.05) is 11.6 Å². The van der Waals surface area contributed by atoms with Crippen molar-refractivity contribution in [1.82, 2.24) is 5.32 Å². The van der Waals surface area contributed by atoms with Crippen molar-refractivity contribution in [1.29, 1.82) is 0 Å². The molecule has 1 aliphatic rings. The van der Waals surface area contributed by atoms with Crippen molar-refractivity contribution in [3.63, 3.8) is 0 Å². The fraction of sp³-hybridized carbons (Fsp3) is 0.417. The van der Waals surface area contributed by atoms with Crippen LogP contribution in [0.2, 0.25) is 5.02 Å². The maximum Gasteiger partial charge on any atom is 0.253 e. The SMILES string of the molecule is NNc1ccc(Cl)cc1C(=O)NCC1CSCCS1. The molecule has 0 spiro atoms. The highest BCUT2D eigenvalue weighted by molar-refractivity contribution is 8.06. The standard InChI is InChI=1S/C12H16ClN3OS2/c13-8-1-2-11(16-14)10(5-8)12(17)15-6-9-7-18-3-4-19-9/h1-2,5,9,16H,3-4,6-7,14H2,(H,15,17). The Morgan fingerprint density at radius 3 is 3.00 bits per heavy atom. The van der Waals surface area contributed by atoms with Gasteiger partial charge in [0.25, 0.3) is 5.91 Å². The number of thioether (sulfide) groups is 2. The zero-order valence-electron chi connectivity index (χ0n) is 10.3. The molecule has 1 unspecified atom stereocenters. The highest BCUT2D eigenvalue weighted by atomic mass is 35.5. The summed E-state index contributed by atoms with van der Waals surface area (Å²) in [5.41, 5.74) is 3.56. The van der Waals surface area contributed by atoms with Crippen LogP contribution < -0.4 is 16.6 Å². The number of nitrogen functional groups attached to an aromatic ring is 1. The number of benzene rings is 1. The molecule has 7 heteroatoms. The molecule has 1 fully saturated rings. The number of hydrazine groups is 1. The van der Waals surface area contributed by atoms with Crippen LogP contribution in [0.3, 0.4) is 0 Å². The molecular formula is C12H16ClN3OS2. The Balaban J connectivity index is 1.97. The first-order valence-electron chi connectivity index (χ1n) is 5.94. The van der Waals surface area contributed by atoms with Crippen molar-refractivity contribution >= 4 is 46.7 Å². The second kappa shape index (κ2) is 7.28. The molecule has 0 aromatic heterocycles. The summed E-state index contributed by atoms with van der Waals surface area (Å²) in [6.07, 6.45) is 0. The van der Waals surface area contributed by atoms with Crippen molar-refractivity contribution in [2.75, 3.05) is 29.2 Å². The number of hydrogen-bond donors (Lipinski definition) is 3. The van der Waals surface area contributed by atoms with Crippen LogP contribution in [0.15, 0.2) is 18.2 Å². The Morgan fingerprint density at radius 1 is 1.47 bits per heavy atom. The molecule has 0 bridgehead atoms. The van der Waals surface area contributed by atoms with E-state index in [1.807, 2.05) is 23.5 Å². The molecule has 104 valence electrons. The van der Waals surface area contributed by atoms with Crippen molar-refractivity contribution < 1.29 is 4.79 Å². The molecule has 0 saturated carbocycles. The van der Waals surface area contributed by atoms with Crippen molar-refractivity contribution in [2.24, 2.45) is 5.84 Å². The molecule has 0 aliphatic carbocycles. The van der Waals surface area contributed by atoms with Crippen LogP contribution in [0.5, 0.6) is 0 Å². The van der Waals surface area contributed by atoms with Crippen molar-refractivity contribution in [3.8, 4) is 0 Å². The monoisotopic (exact) mass is 317 g/mol. The number of halogens is 1. The Morgan fingerprint density at radius 2 is 2.32 bits per heavy atom. The highest BCUT2D eigenvalue weighted by Crippen LogP contribution is 2.24. The van der Waals surface area contributed by atoms with E-state index in [1.54, 1.807) is 18.2 Å². The fourth-order valence-corrected chi connectivity index (χ4v) is 4.57. The van der Waals surface area contributed by atoms with Gasteiger partial charge in [-0.2, -0.15) is 23.5 Å². The van der Waals surface area contributed by atoms with E-state index < -0.39 is 0 Å². The Labute approximate surface area is 126 Å². The molecule has 1 amide bonds. The van der Waals surface area contributed by atoms with Gasteiger partial charge in [-0.05, 0) is 18.2 Å². The summed E-state index contributed by atoms with van der Waals surface area (Å²) in [6.45, 7) is 0.674. The van der Waals surface area contributed by atoms with Gasteiger partial charge in [-0.3, -0.25) is 10.6 Å². The van der Waals surface area contributed by atoms with Crippen molar-refractivity contribution in [2.45, 2.75) is 5.25 Å². The molecule has 1 aliphatic heterocycles. The number of amides is 1. The molecule has 1 heterocycles. The minimum absolute atomic E-state index is 0.147. The van der Waals surface area contributed by atoms with Crippen LogP contribution >= 0.6 is 35.1 Å². The minimum Gasteiger partial charge on any atom is -0.351 e. The smallest absolute Gasteiger partial charge is 0.253 e. The largest absolute Gasteiger partial charge is 0.351 e. The number of nitrogens with two attached hydrogens (primary N) is 1. The lowest BCUT2D eigenvalue weighted by Gasteiger charge is -2.21. The maximum atomic E-state index is 12.1. The molecule has 2 rings (SSSR count). The van der Waals surface area contributed by atoms with Crippen molar-refractivity contribution in [3.05, 3.63) is 28.8 Å². The van der Waals surface area contributed by atoms with E-state index in [4.69, 9.17) is 17.4 Å². The number of hydrogen-bond acceptors (Lipinski definition) is 5. The lowest BCUT2D eigenvalue weighted by molar-refractivity contribution is 0.0955. The molecule has 4 nitrogen and oxygen atoms in total. The van der Waals surface area contributed by atoms with Gasteiger partial charge in [-0.15, -0.1) is 0 Å². The van der Waals surface area contributed by atoms with E-state index in [1.165, 1.54) is 5.75 Å². The van der Waals surface area contributed by atoms with E-state index in [2.05, 4.69) is 10.7 Å². The first-order valence-corrected chi connectivity index (χ1v) is 8.52. The summed E-state index contributed by atoms with van der Waals surface area (Å²) < 4.78 is 0. The van der Waals surface area contributed by atoms with Gasteiger partial charge in [0.2, 0.25) is 0 Å². The summed E-state index contributed by atoms with van der Waals surface area (Å²) in [5.74, 6) is 8.69. The lowest BCUT2D eigenvalue weighted by atomic mass is 10.1. The fourth-order valence-electron chi connectivity index (χ4n) is 1.79. The van der Waals surface area contributed by atoms with Gasteiger partial charge < -0.3 is 10.7 Å². The Hall–Kier alpha value is -0.560. The normalized spacial score (nSPS) is 18.9. The van der Waals surface area contributed by atoms with Gasteiger partial charge >= 0.3 is 0 Å². The van der Waals surface area contributed by atoms with Crippen LogP contribution in [0.25, 0.3) is 0 Å².